The van der Waals surface area contributed by atoms with Crippen LogP contribution < -0.4 is 5.32 Å². The minimum atomic E-state index is -1.06. The van der Waals surface area contributed by atoms with Gasteiger partial charge in [-0.2, -0.15) is 5.10 Å². The van der Waals surface area contributed by atoms with Gasteiger partial charge in [0.1, 0.15) is 0 Å². The highest BCUT2D eigenvalue weighted by Gasteiger charge is 2.29. The number of rotatable bonds is 3. The molecule has 1 fully saturated rings. The fourth-order valence-electron chi connectivity index (χ4n) is 1.84. The number of carboxylic acids is 1. The Morgan fingerprint density at radius 2 is 2.47 bits per heavy atom. The van der Waals surface area contributed by atoms with Crippen LogP contribution in [0.25, 0.3) is 0 Å². The second-order valence-electron chi connectivity index (χ2n) is 4.35. The molecule has 1 saturated heterocycles. The van der Waals surface area contributed by atoms with Gasteiger partial charge in [-0.15, -0.1) is 0 Å². The van der Waals surface area contributed by atoms with Crippen molar-refractivity contribution < 1.29 is 19.4 Å². The number of ether oxygens (including phenoxy) is 1. The summed E-state index contributed by atoms with van der Waals surface area (Å²) in [4.78, 5) is 24.3. The van der Waals surface area contributed by atoms with Crippen LogP contribution in [0.2, 0.25) is 0 Å². The summed E-state index contributed by atoms with van der Waals surface area (Å²) in [5.41, 5.74) is 0.858. The van der Waals surface area contributed by atoms with Gasteiger partial charge >= 0.3 is 12.0 Å². The molecule has 1 aromatic rings. The first kappa shape index (κ1) is 13.3. The quantitative estimate of drug-likeness (QED) is 0.713. The summed E-state index contributed by atoms with van der Waals surface area (Å²) in [5, 5.41) is 18.1. The van der Waals surface area contributed by atoms with Gasteiger partial charge in [0.2, 0.25) is 0 Å². The Bertz CT molecular complexity index is 448. The van der Waals surface area contributed by atoms with Crippen LogP contribution in [0, 0.1) is 0 Å². The van der Waals surface area contributed by atoms with Crippen LogP contribution in [-0.4, -0.2) is 58.0 Å². The zero-order valence-electron chi connectivity index (χ0n) is 10.5. The second-order valence-corrected chi connectivity index (χ2v) is 4.35. The molecule has 2 unspecified atom stereocenters. The zero-order valence-corrected chi connectivity index (χ0v) is 10.5. The molecule has 0 radical (unpaired) electrons. The summed E-state index contributed by atoms with van der Waals surface area (Å²) in [7, 11) is 0. The van der Waals surface area contributed by atoms with Crippen molar-refractivity contribution in [2.45, 2.75) is 19.1 Å². The van der Waals surface area contributed by atoms with Gasteiger partial charge in [-0.05, 0) is 6.92 Å². The molecule has 2 rings (SSSR count). The van der Waals surface area contributed by atoms with Crippen LogP contribution >= 0.6 is 0 Å². The minimum absolute atomic E-state index is 0.0548. The molecule has 2 amide bonds. The first-order valence-electron chi connectivity index (χ1n) is 5.96. The number of aromatic amines is 1. The number of H-pyrrole nitrogens is 1. The van der Waals surface area contributed by atoms with Gasteiger partial charge in [-0.1, -0.05) is 0 Å². The maximum absolute atomic E-state index is 12.0. The predicted octanol–water partition coefficient (Wildman–Crippen LogP) is -0.0343. The maximum atomic E-state index is 12.0. The number of hydrogen-bond acceptors (Lipinski definition) is 4. The molecule has 1 aliphatic rings. The zero-order chi connectivity index (χ0) is 13.8. The number of amides is 2. The van der Waals surface area contributed by atoms with E-state index in [2.05, 4.69) is 15.5 Å². The molecule has 8 heteroatoms. The van der Waals surface area contributed by atoms with E-state index in [0.29, 0.717) is 6.54 Å². The Hall–Kier alpha value is -2.09. The monoisotopic (exact) mass is 268 g/mol. The summed E-state index contributed by atoms with van der Waals surface area (Å²) < 4.78 is 5.06. The van der Waals surface area contributed by atoms with Gasteiger partial charge in [-0.25, -0.2) is 9.59 Å². The van der Waals surface area contributed by atoms with Gasteiger partial charge in [0.15, 0.2) is 6.10 Å². The lowest BCUT2D eigenvalue weighted by atomic mass is 10.2. The van der Waals surface area contributed by atoms with E-state index in [1.54, 1.807) is 12.4 Å². The molecule has 104 valence electrons. The average molecular weight is 268 g/mol. The van der Waals surface area contributed by atoms with Crippen molar-refractivity contribution in [3.63, 3.8) is 0 Å². The molecular weight excluding hydrogens is 252 g/mol. The highest BCUT2D eigenvalue weighted by atomic mass is 16.5. The normalized spacial score (nSPS) is 20.9. The summed E-state index contributed by atoms with van der Waals surface area (Å²) >= 11 is 0. The fourth-order valence-corrected chi connectivity index (χ4v) is 1.84. The van der Waals surface area contributed by atoms with Crippen molar-refractivity contribution in [2.24, 2.45) is 0 Å². The van der Waals surface area contributed by atoms with Crippen molar-refractivity contribution in [3.8, 4) is 0 Å². The third-order valence-electron chi connectivity index (χ3n) is 2.99. The summed E-state index contributed by atoms with van der Waals surface area (Å²) in [6.45, 7) is 2.50. The van der Waals surface area contributed by atoms with Crippen LogP contribution in [-0.2, 0) is 9.53 Å². The predicted molar refractivity (Wildman–Crippen MR) is 64.5 cm³/mol. The van der Waals surface area contributed by atoms with Gasteiger partial charge < -0.3 is 20.1 Å². The second kappa shape index (κ2) is 5.70. The van der Waals surface area contributed by atoms with E-state index in [9.17, 15) is 9.59 Å². The largest absolute Gasteiger partial charge is 0.479 e. The number of aliphatic carboxylic acids is 1. The summed E-state index contributed by atoms with van der Waals surface area (Å²) in [6, 6.07) is -0.499. The number of carboxylic acid groups (broad SMARTS) is 1. The minimum Gasteiger partial charge on any atom is -0.479 e. The molecule has 1 aromatic heterocycles. The number of hydrogen-bond donors (Lipinski definition) is 3. The molecule has 3 N–H and O–H groups in total. The maximum Gasteiger partial charge on any atom is 0.334 e. The molecule has 2 heterocycles. The lowest BCUT2D eigenvalue weighted by Crippen LogP contribution is -2.52. The van der Waals surface area contributed by atoms with Gasteiger partial charge in [0.05, 0.1) is 25.4 Å². The van der Waals surface area contributed by atoms with Crippen molar-refractivity contribution >= 4 is 12.0 Å². The number of nitrogens with one attached hydrogen (secondary N) is 2. The topological polar surface area (TPSA) is 108 Å². The molecule has 19 heavy (non-hydrogen) atoms. The molecular formula is C11H16N4O4. The molecule has 0 saturated carbocycles. The number of urea groups is 1. The Labute approximate surface area is 109 Å². The third kappa shape index (κ3) is 3.22. The van der Waals surface area contributed by atoms with Gasteiger partial charge in [0.25, 0.3) is 0 Å². The smallest absolute Gasteiger partial charge is 0.334 e. The molecule has 2 atom stereocenters. The highest BCUT2D eigenvalue weighted by Crippen LogP contribution is 2.11. The van der Waals surface area contributed by atoms with Crippen LogP contribution in [0.15, 0.2) is 12.4 Å². The third-order valence-corrected chi connectivity index (χ3v) is 2.99. The van der Waals surface area contributed by atoms with E-state index in [1.807, 2.05) is 6.92 Å². The first-order chi connectivity index (χ1) is 9.08. The number of carbonyl (C=O) groups is 2. The lowest BCUT2D eigenvalue weighted by molar-refractivity contribution is -0.154. The van der Waals surface area contributed by atoms with E-state index in [1.165, 1.54) is 4.90 Å². The summed E-state index contributed by atoms with van der Waals surface area (Å²) in [5.74, 6) is -1.06. The number of morpholine rings is 1. The molecule has 8 nitrogen and oxygen atoms in total. The van der Waals surface area contributed by atoms with Crippen molar-refractivity contribution in [1.29, 1.82) is 0 Å². The van der Waals surface area contributed by atoms with Gasteiger partial charge in [0, 0.05) is 18.3 Å². The standard InChI is InChI=1S/C11H16N4O4/c1-7(8-4-12-13-5-8)14-11(18)15-2-3-19-9(6-15)10(16)17/h4-5,7,9H,2-3,6H2,1H3,(H,12,13)(H,14,18)(H,16,17). The fraction of sp³-hybridized carbons (Fsp3) is 0.545. The van der Waals surface area contributed by atoms with E-state index in [-0.39, 0.29) is 25.2 Å². The number of nitrogens with zero attached hydrogens (tertiary/aromatic N) is 2. The van der Waals surface area contributed by atoms with Crippen molar-refractivity contribution in [2.75, 3.05) is 19.7 Å². The Morgan fingerprint density at radius 1 is 1.68 bits per heavy atom. The van der Waals surface area contributed by atoms with Crippen LogP contribution in [0.5, 0.6) is 0 Å². The van der Waals surface area contributed by atoms with Crippen molar-refractivity contribution in [1.82, 2.24) is 20.4 Å². The molecule has 0 spiro atoms. The van der Waals surface area contributed by atoms with Crippen LogP contribution in [0.1, 0.15) is 18.5 Å². The highest BCUT2D eigenvalue weighted by molar-refractivity contribution is 5.77. The van der Waals surface area contributed by atoms with E-state index >= 15 is 0 Å². The van der Waals surface area contributed by atoms with Gasteiger partial charge in [-0.3, -0.25) is 5.10 Å². The van der Waals surface area contributed by atoms with Crippen LogP contribution in [0.4, 0.5) is 4.79 Å². The first-order valence-corrected chi connectivity index (χ1v) is 5.96. The van der Waals surface area contributed by atoms with Crippen LogP contribution in [0.3, 0.4) is 0 Å². The molecule has 0 aliphatic carbocycles. The SMILES string of the molecule is CC(NC(=O)N1CCOC(C(=O)O)C1)c1cn[nH]c1. The van der Waals surface area contributed by atoms with E-state index in [0.717, 1.165) is 5.56 Å². The molecule has 1 aliphatic heterocycles. The van der Waals surface area contributed by atoms with E-state index < -0.39 is 12.1 Å². The number of carbonyl (C=O) groups excluding carboxylic acids is 1. The Morgan fingerprint density at radius 3 is 3.11 bits per heavy atom. The summed E-state index contributed by atoms with van der Waals surface area (Å²) in [6.07, 6.45) is 2.37. The number of aromatic nitrogens is 2. The lowest BCUT2D eigenvalue weighted by Gasteiger charge is -2.31. The Kier molecular flexibility index (Phi) is 4.00. The molecule has 0 bridgehead atoms. The Balaban J connectivity index is 1.91. The average Bonchev–Trinajstić information content (AvgIpc) is 2.92. The van der Waals surface area contributed by atoms with E-state index in [4.69, 9.17) is 9.84 Å². The molecule has 0 aromatic carbocycles. The van der Waals surface area contributed by atoms with Crippen molar-refractivity contribution in [3.05, 3.63) is 18.0 Å².